The molecule has 1 aliphatic carbocycles. The first-order valence-electron chi connectivity index (χ1n) is 7.02. The van der Waals surface area contributed by atoms with Crippen molar-refractivity contribution in [2.24, 2.45) is 0 Å². The van der Waals surface area contributed by atoms with E-state index in [-0.39, 0.29) is 12.0 Å². The van der Waals surface area contributed by atoms with E-state index in [1.807, 2.05) is 32.0 Å². The number of hydrogen-bond donors (Lipinski definition) is 1. The second kappa shape index (κ2) is 5.25. The van der Waals surface area contributed by atoms with Crippen LogP contribution in [0, 0.1) is 0 Å². The lowest BCUT2D eigenvalue weighted by atomic mass is 9.73. The van der Waals surface area contributed by atoms with Gasteiger partial charge in [0.15, 0.2) is 0 Å². The molecule has 3 rings (SSSR count). The number of aromatic nitrogens is 1. The molecule has 1 aromatic heterocycles. The van der Waals surface area contributed by atoms with E-state index in [9.17, 15) is 5.11 Å². The number of rotatable bonds is 4. The SMILES string of the molecule is CC(C)Oc1cncc(C(O)C2Cc3ccccc32)c1. The van der Waals surface area contributed by atoms with Gasteiger partial charge in [-0.15, -0.1) is 0 Å². The van der Waals surface area contributed by atoms with E-state index in [1.165, 1.54) is 11.1 Å². The lowest BCUT2D eigenvalue weighted by Gasteiger charge is -2.34. The van der Waals surface area contributed by atoms with Gasteiger partial charge < -0.3 is 9.84 Å². The Balaban J connectivity index is 1.80. The van der Waals surface area contributed by atoms with Gasteiger partial charge in [-0.25, -0.2) is 0 Å². The first-order valence-corrected chi connectivity index (χ1v) is 7.02. The van der Waals surface area contributed by atoms with Gasteiger partial charge in [0.05, 0.1) is 18.4 Å². The maximum absolute atomic E-state index is 10.6. The predicted molar refractivity (Wildman–Crippen MR) is 77.8 cm³/mol. The Hall–Kier alpha value is -1.87. The molecule has 2 aromatic rings. The molecule has 104 valence electrons. The monoisotopic (exact) mass is 269 g/mol. The van der Waals surface area contributed by atoms with Crippen molar-refractivity contribution in [1.82, 2.24) is 4.98 Å². The van der Waals surface area contributed by atoms with E-state index < -0.39 is 6.10 Å². The van der Waals surface area contributed by atoms with Crippen LogP contribution in [0.25, 0.3) is 0 Å². The van der Waals surface area contributed by atoms with Gasteiger partial charge in [-0.05, 0) is 37.5 Å². The summed E-state index contributed by atoms with van der Waals surface area (Å²) < 4.78 is 5.63. The van der Waals surface area contributed by atoms with Crippen LogP contribution >= 0.6 is 0 Å². The maximum atomic E-state index is 10.6. The number of pyridine rings is 1. The van der Waals surface area contributed by atoms with E-state index in [4.69, 9.17) is 4.74 Å². The number of benzene rings is 1. The van der Waals surface area contributed by atoms with Crippen LogP contribution in [0.3, 0.4) is 0 Å². The van der Waals surface area contributed by atoms with Crippen LogP contribution in [0.15, 0.2) is 42.7 Å². The fourth-order valence-corrected chi connectivity index (χ4v) is 2.75. The first-order chi connectivity index (χ1) is 9.65. The van der Waals surface area contributed by atoms with E-state index in [1.54, 1.807) is 12.4 Å². The molecule has 1 heterocycles. The third-order valence-electron chi connectivity index (χ3n) is 3.72. The number of nitrogens with zero attached hydrogens (tertiary/aromatic N) is 1. The molecule has 0 saturated heterocycles. The van der Waals surface area contributed by atoms with Crippen molar-refractivity contribution >= 4 is 0 Å². The summed E-state index contributed by atoms with van der Waals surface area (Å²) >= 11 is 0. The largest absolute Gasteiger partial charge is 0.489 e. The molecule has 2 unspecified atom stereocenters. The second-order valence-electron chi connectivity index (χ2n) is 5.57. The Morgan fingerprint density at radius 2 is 2.05 bits per heavy atom. The van der Waals surface area contributed by atoms with Crippen LogP contribution in [-0.2, 0) is 6.42 Å². The summed E-state index contributed by atoms with van der Waals surface area (Å²) in [4.78, 5) is 4.17. The van der Waals surface area contributed by atoms with Gasteiger partial charge >= 0.3 is 0 Å². The molecule has 0 bridgehead atoms. The number of hydrogen-bond acceptors (Lipinski definition) is 3. The van der Waals surface area contributed by atoms with Crippen molar-refractivity contribution in [3.05, 3.63) is 59.4 Å². The number of fused-ring (bicyclic) bond motifs is 1. The zero-order valence-corrected chi connectivity index (χ0v) is 11.8. The van der Waals surface area contributed by atoms with Crippen LogP contribution in [0.2, 0.25) is 0 Å². The van der Waals surface area contributed by atoms with Crippen LogP contribution in [-0.4, -0.2) is 16.2 Å². The third kappa shape index (κ3) is 2.41. The zero-order valence-electron chi connectivity index (χ0n) is 11.8. The smallest absolute Gasteiger partial charge is 0.138 e. The van der Waals surface area contributed by atoms with Gasteiger partial charge in [-0.2, -0.15) is 0 Å². The maximum Gasteiger partial charge on any atom is 0.138 e. The summed E-state index contributed by atoms with van der Waals surface area (Å²) in [6.07, 6.45) is 3.91. The fourth-order valence-electron chi connectivity index (χ4n) is 2.75. The minimum absolute atomic E-state index is 0.105. The molecule has 0 radical (unpaired) electrons. The Bertz CT molecular complexity index is 609. The van der Waals surface area contributed by atoms with E-state index >= 15 is 0 Å². The van der Waals surface area contributed by atoms with Gasteiger partial charge in [-0.3, -0.25) is 4.98 Å². The molecular weight excluding hydrogens is 250 g/mol. The summed E-state index contributed by atoms with van der Waals surface area (Å²) in [6.45, 7) is 3.95. The highest BCUT2D eigenvalue weighted by atomic mass is 16.5. The normalized spacial score (nSPS) is 18.3. The predicted octanol–water partition coefficient (Wildman–Crippen LogP) is 3.24. The molecule has 0 spiro atoms. The Morgan fingerprint density at radius 1 is 1.25 bits per heavy atom. The van der Waals surface area contributed by atoms with Gasteiger partial charge in [-0.1, -0.05) is 24.3 Å². The molecule has 20 heavy (non-hydrogen) atoms. The topological polar surface area (TPSA) is 42.4 Å². The summed E-state index contributed by atoms with van der Waals surface area (Å²) in [5.41, 5.74) is 3.40. The zero-order chi connectivity index (χ0) is 14.1. The summed E-state index contributed by atoms with van der Waals surface area (Å²) in [5, 5.41) is 10.6. The summed E-state index contributed by atoms with van der Waals surface area (Å²) in [7, 11) is 0. The third-order valence-corrected chi connectivity index (χ3v) is 3.72. The van der Waals surface area contributed by atoms with Crippen molar-refractivity contribution in [2.75, 3.05) is 0 Å². The highest BCUT2D eigenvalue weighted by Gasteiger charge is 2.32. The van der Waals surface area contributed by atoms with Crippen molar-refractivity contribution in [3.8, 4) is 5.75 Å². The van der Waals surface area contributed by atoms with E-state index in [0.29, 0.717) is 5.75 Å². The fraction of sp³-hybridized carbons (Fsp3) is 0.353. The van der Waals surface area contributed by atoms with Crippen molar-refractivity contribution in [3.63, 3.8) is 0 Å². The quantitative estimate of drug-likeness (QED) is 0.926. The molecule has 1 N–H and O–H groups in total. The first kappa shape index (κ1) is 13.1. The van der Waals surface area contributed by atoms with Gasteiger partial charge in [0.1, 0.15) is 5.75 Å². The molecule has 0 aliphatic heterocycles. The highest BCUT2D eigenvalue weighted by Crippen LogP contribution is 2.43. The molecule has 2 atom stereocenters. The molecule has 0 amide bonds. The van der Waals surface area contributed by atoms with Crippen LogP contribution < -0.4 is 4.74 Å². The standard InChI is InChI=1S/C17H19NO2/c1-11(2)20-14-7-13(9-18-10-14)17(19)16-8-12-5-3-4-6-15(12)16/h3-7,9-11,16-17,19H,8H2,1-2H3. The van der Waals surface area contributed by atoms with E-state index in [0.717, 1.165) is 12.0 Å². The average Bonchev–Trinajstić information content (AvgIpc) is 2.39. The molecule has 3 heteroatoms. The van der Waals surface area contributed by atoms with Crippen molar-refractivity contribution in [1.29, 1.82) is 0 Å². The Morgan fingerprint density at radius 3 is 2.80 bits per heavy atom. The molecule has 1 aromatic carbocycles. The van der Waals surface area contributed by atoms with E-state index in [2.05, 4.69) is 17.1 Å². The minimum Gasteiger partial charge on any atom is -0.489 e. The minimum atomic E-state index is -0.520. The molecule has 0 saturated carbocycles. The van der Waals surface area contributed by atoms with Crippen molar-refractivity contribution < 1.29 is 9.84 Å². The summed E-state index contributed by atoms with van der Waals surface area (Å²) in [6, 6.07) is 10.2. The molecule has 0 fully saturated rings. The van der Waals surface area contributed by atoms with Crippen LogP contribution in [0.1, 0.15) is 42.6 Å². The van der Waals surface area contributed by atoms with Crippen LogP contribution in [0.5, 0.6) is 5.75 Å². The van der Waals surface area contributed by atoms with Gasteiger partial charge in [0, 0.05) is 17.7 Å². The molecule has 3 nitrogen and oxygen atoms in total. The van der Waals surface area contributed by atoms with Crippen LogP contribution in [0.4, 0.5) is 0 Å². The van der Waals surface area contributed by atoms with Crippen molar-refractivity contribution in [2.45, 2.75) is 38.4 Å². The number of aliphatic hydroxyl groups is 1. The number of aliphatic hydroxyl groups excluding tert-OH is 1. The second-order valence-corrected chi connectivity index (χ2v) is 5.57. The molecule has 1 aliphatic rings. The average molecular weight is 269 g/mol. The Labute approximate surface area is 119 Å². The lowest BCUT2D eigenvalue weighted by molar-refractivity contribution is 0.133. The Kier molecular flexibility index (Phi) is 3.45. The number of ether oxygens (including phenoxy) is 1. The molecular formula is C17H19NO2. The lowest BCUT2D eigenvalue weighted by Crippen LogP contribution is -2.23. The highest BCUT2D eigenvalue weighted by molar-refractivity contribution is 5.42. The van der Waals surface area contributed by atoms with Gasteiger partial charge in [0.2, 0.25) is 0 Å². The van der Waals surface area contributed by atoms with Gasteiger partial charge in [0.25, 0.3) is 0 Å². The summed E-state index contributed by atoms with van der Waals surface area (Å²) in [5.74, 6) is 0.881.